The molecule has 0 saturated carbocycles. The van der Waals surface area contributed by atoms with E-state index in [1.807, 2.05) is 45.0 Å². The first-order chi connectivity index (χ1) is 11.9. The van der Waals surface area contributed by atoms with Crippen LogP contribution < -0.4 is 4.90 Å². The topological polar surface area (TPSA) is 36.4 Å². The van der Waals surface area contributed by atoms with Crippen molar-refractivity contribution >= 4 is 22.5 Å². The van der Waals surface area contributed by atoms with E-state index in [1.54, 1.807) is 0 Å². The van der Waals surface area contributed by atoms with Crippen LogP contribution in [0.2, 0.25) is 0 Å². The smallest absolute Gasteiger partial charge is 0.227 e. The lowest BCUT2D eigenvalue weighted by molar-refractivity contribution is -0.138. The van der Waals surface area contributed by atoms with Crippen molar-refractivity contribution in [3.8, 4) is 0 Å². The van der Waals surface area contributed by atoms with Crippen LogP contribution in [0.1, 0.15) is 33.6 Å². The van der Waals surface area contributed by atoms with Crippen LogP contribution in [0.3, 0.4) is 0 Å². The number of carbonyl (C=O) groups excluding carboxylic acids is 1. The van der Waals surface area contributed by atoms with Crippen LogP contribution in [-0.4, -0.2) is 42.5 Å². The maximum atomic E-state index is 12.4. The number of benzene rings is 1. The summed E-state index contributed by atoms with van der Waals surface area (Å²) in [6, 6.07) is 10.5. The number of hydrogen-bond acceptors (Lipinski definition) is 3. The third-order valence-electron chi connectivity index (χ3n) is 5.10. The Morgan fingerprint density at radius 2 is 1.88 bits per heavy atom. The number of aromatic nitrogens is 1. The van der Waals surface area contributed by atoms with E-state index in [9.17, 15) is 4.79 Å². The largest absolute Gasteiger partial charge is 0.371 e. The number of nitrogens with zero attached hydrogens (tertiary/aromatic N) is 3. The van der Waals surface area contributed by atoms with Gasteiger partial charge in [0.05, 0.1) is 5.52 Å². The van der Waals surface area contributed by atoms with Gasteiger partial charge in [0.25, 0.3) is 0 Å². The number of amides is 1. The molecule has 1 aliphatic heterocycles. The van der Waals surface area contributed by atoms with Crippen LogP contribution in [-0.2, 0) is 4.79 Å². The zero-order valence-corrected chi connectivity index (χ0v) is 15.8. The number of carbonyl (C=O) groups is 1. The molecule has 1 fully saturated rings. The summed E-state index contributed by atoms with van der Waals surface area (Å²) in [5.41, 5.74) is 2.03. The molecule has 3 rings (SSSR count). The van der Waals surface area contributed by atoms with Crippen LogP contribution in [0.5, 0.6) is 0 Å². The van der Waals surface area contributed by atoms with Crippen molar-refractivity contribution in [2.45, 2.75) is 33.6 Å². The minimum Gasteiger partial charge on any atom is -0.371 e. The van der Waals surface area contributed by atoms with Gasteiger partial charge in [0.2, 0.25) is 5.91 Å². The van der Waals surface area contributed by atoms with E-state index < -0.39 is 0 Å². The number of fused-ring (bicyclic) bond motifs is 1. The van der Waals surface area contributed by atoms with Crippen LogP contribution >= 0.6 is 0 Å². The molecule has 1 aromatic heterocycles. The molecule has 0 spiro atoms. The molecule has 0 unspecified atom stereocenters. The average molecular weight is 339 g/mol. The van der Waals surface area contributed by atoms with Gasteiger partial charge < -0.3 is 9.80 Å². The van der Waals surface area contributed by atoms with Gasteiger partial charge in [-0.25, -0.2) is 0 Å². The van der Waals surface area contributed by atoms with E-state index in [0.29, 0.717) is 5.92 Å². The minimum absolute atomic E-state index is 0.232. The van der Waals surface area contributed by atoms with Gasteiger partial charge in [0, 0.05) is 49.4 Å². The molecule has 25 heavy (non-hydrogen) atoms. The Morgan fingerprint density at radius 1 is 1.20 bits per heavy atom. The van der Waals surface area contributed by atoms with Crippen molar-refractivity contribution in [3.05, 3.63) is 36.5 Å². The van der Waals surface area contributed by atoms with Gasteiger partial charge in [-0.15, -0.1) is 0 Å². The summed E-state index contributed by atoms with van der Waals surface area (Å²) < 4.78 is 0. The molecule has 134 valence electrons. The summed E-state index contributed by atoms with van der Waals surface area (Å²) >= 11 is 0. The normalized spacial score (nSPS) is 16.2. The molecule has 0 bridgehead atoms. The molecule has 0 aliphatic carbocycles. The van der Waals surface area contributed by atoms with Gasteiger partial charge in [0.1, 0.15) is 0 Å². The molecule has 2 aromatic rings. The van der Waals surface area contributed by atoms with Crippen molar-refractivity contribution in [3.63, 3.8) is 0 Å². The molecule has 0 radical (unpaired) electrons. The van der Waals surface area contributed by atoms with E-state index in [-0.39, 0.29) is 11.3 Å². The Labute approximate surface area is 150 Å². The Kier molecular flexibility index (Phi) is 4.98. The Balaban J connectivity index is 1.63. The zero-order chi connectivity index (χ0) is 18.0. The van der Waals surface area contributed by atoms with E-state index in [4.69, 9.17) is 0 Å². The maximum Gasteiger partial charge on any atom is 0.227 e. The van der Waals surface area contributed by atoms with Gasteiger partial charge in [0.15, 0.2) is 0 Å². The molecule has 1 aromatic carbocycles. The van der Waals surface area contributed by atoms with Crippen LogP contribution in [0.25, 0.3) is 10.9 Å². The van der Waals surface area contributed by atoms with Crippen molar-refractivity contribution in [1.29, 1.82) is 0 Å². The second-order valence-electron chi connectivity index (χ2n) is 8.21. The fraction of sp³-hybridized carbons (Fsp3) is 0.524. The predicted molar refractivity (Wildman–Crippen MR) is 104 cm³/mol. The van der Waals surface area contributed by atoms with Crippen LogP contribution in [0.15, 0.2) is 36.5 Å². The van der Waals surface area contributed by atoms with Crippen LogP contribution in [0, 0.1) is 11.3 Å². The second-order valence-corrected chi connectivity index (χ2v) is 8.21. The highest BCUT2D eigenvalue weighted by molar-refractivity contribution is 5.91. The lowest BCUT2D eigenvalue weighted by atomic mass is 9.92. The Morgan fingerprint density at radius 3 is 2.56 bits per heavy atom. The lowest BCUT2D eigenvalue weighted by Gasteiger charge is -2.36. The van der Waals surface area contributed by atoms with E-state index >= 15 is 0 Å². The maximum absolute atomic E-state index is 12.4. The molecule has 4 heteroatoms. The van der Waals surface area contributed by atoms with Gasteiger partial charge in [-0.3, -0.25) is 9.78 Å². The summed E-state index contributed by atoms with van der Waals surface area (Å²) in [5.74, 6) is 0.815. The summed E-state index contributed by atoms with van der Waals surface area (Å²) in [4.78, 5) is 21.2. The van der Waals surface area contributed by atoms with Gasteiger partial charge >= 0.3 is 0 Å². The third-order valence-corrected chi connectivity index (χ3v) is 5.10. The van der Waals surface area contributed by atoms with Gasteiger partial charge in [-0.1, -0.05) is 39.0 Å². The highest BCUT2D eigenvalue weighted by Crippen LogP contribution is 2.29. The molecule has 0 N–H and O–H groups in total. The summed E-state index contributed by atoms with van der Waals surface area (Å²) in [6.07, 6.45) is 4.15. The predicted octanol–water partition coefficient (Wildman–Crippen LogP) is 3.96. The first kappa shape index (κ1) is 17.7. The highest BCUT2D eigenvalue weighted by atomic mass is 16.2. The summed E-state index contributed by atoms with van der Waals surface area (Å²) in [5, 5.41) is 1.23. The molecular weight excluding hydrogens is 310 g/mol. The molecule has 1 amide bonds. The first-order valence-electron chi connectivity index (χ1n) is 9.20. The molecular formula is C21H29N3O. The molecule has 1 aliphatic rings. The van der Waals surface area contributed by atoms with Gasteiger partial charge in [-0.2, -0.15) is 0 Å². The second kappa shape index (κ2) is 7.03. The van der Waals surface area contributed by atoms with Crippen molar-refractivity contribution < 1.29 is 4.79 Å². The number of para-hydroxylation sites is 1. The monoisotopic (exact) mass is 339 g/mol. The fourth-order valence-electron chi connectivity index (χ4n) is 3.76. The Bertz CT molecular complexity index is 737. The standard InChI is InChI=1S/C21H29N3O/c1-21(2,3)20(25)23(4)15-16-10-13-24(14-11-16)19-9-12-22-18-8-6-5-7-17(18)19/h5-9,12,16H,10-11,13-15H2,1-4H3. The first-order valence-corrected chi connectivity index (χ1v) is 9.20. The SMILES string of the molecule is CN(CC1CCN(c2ccnc3ccccc23)CC1)C(=O)C(C)(C)C. The third kappa shape index (κ3) is 3.94. The fourth-order valence-corrected chi connectivity index (χ4v) is 3.76. The number of piperidine rings is 1. The minimum atomic E-state index is -0.300. The molecule has 0 atom stereocenters. The summed E-state index contributed by atoms with van der Waals surface area (Å²) in [7, 11) is 1.94. The zero-order valence-electron chi connectivity index (χ0n) is 15.8. The van der Waals surface area contributed by atoms with E-state index in [2.05, 4.69) is 34.1 Å². The molecule has 1 saturated heterocycles. The number of hydrogen-bond donors (Lipinski definition) is 0. The van der Waals surface area contributed by atoms with Crippen molar-refractivity contribution in [2.24, 2.45) is 11.3 Å². The van der Waals surface area contributed by atoms with E-state index in [1.165, 1.54) is 11.1 Å². The molecule has 4 nitrogen and oxygen atoms in total. The van der Waals surface area contributed by atoms with Crippen molar-refractivity contribution in [1.82, 2.24) is 9.88 Å². The summed E-state index contributed by atoms with van der Waals surface area (Å²) in [6.45, 7) is 8.91. The average Bonchev–Trinajstić information content (AvgIpc) is 2.60. The highest BCUT2D eigenvalue weighted by Gasteiger charge is 2.28. The van der Waals surface area contributed by atoms with E-state index in [0.717, 1.165) is 38.0 Å². The number of pyridine rings is 1. The quantitative estimate of drug-likeness (QED) is 0.849. The van der Waals surface area contributed by atoms with Gasteiger partial charge in [-0.05, 0) is 30.9 Å². The Hall–Kier alpha value is -2.10. The van der Waals surface area contributed by atoms with Crippen LogP contribution in [0.4, 0.5) is 5.69 Å². The lowest BCUT2D eigenvalue weighted by Crippen LogP contribution is -2.42. The number of rotatable bonds is 3. The van der Waals surface area contributed by atoms with Crippen molar-refractivity contribution in [2.75, 3.05) is 31.6 Å². The molecule has 2 heterocycles. The number of anilines is 1.